The lowest BCUT2D eigenvalue weighted by Crippen LogP contribution is -2.15. The van der Waals surface area contributed by atoms with E-state index in [9.17, 15) is 13.6 Å². The monoisotopic (exact) mass is 290 g/mol. The van der Waals surface area contributed by atoms with Crippen LogP contribution >= 0.6 is 15.9 Å². The molecule has 1 aromatic carbocycles. The lowest BCUT2D eigenvalue weighted by molar-refractivity contribution is -0.139. The number of rotatable bonds is 3. The number of halogens is 3. The maximum Gasteiger partial charge on any atom is 0.311 e. The predicted octanol–water partition coefficient (Wildman–Crippen LogP) is 3.31. The average Bonchev–Trinajstić information content (AvgIpc) is 2.97. The van der Waals surface area contributed by atoms with Gasteiger partial charge in [-0.3, -0.25) is 4.79 Å². The largest absolute Gasteiger partial charge is 0.481 e. The predicted molar refractivity (Wildman–Crippen MR) is 57.2 cm³/mol. The van der Waals surface area contributed by atoms with E-state index in [1.165, 1.54) is 0 Å². The molecule has 0 aromatic heterocycles. The topological polar surface area (TPSA) is 37.3 Å². The van der Waals surface area contributed by atoms with Gasteiger partial charge in [-0.1, -0.05) is 0 Å². The van der Waals surface area contributed by atoms with Crippen LogP contribution in [0.2, 0.25) is 0 Å². The summed E-state index contributed by atoms with van der Waals surface area (Å²) < 4.78 is 26.8. The zero-order valence-electron chi connectivity index (χ0n) is 8.21. The normalized spacial score (nSPS) is 17.2. The van der Waals surface area contributed by atoms with Gasteiger partial charge in [0, 0.05) is 5.56 Å². The molecule has 0 bridgehead atoms. The van der Waals surface area contributed by atoms with Gasteiger partial charge in [-0.2, -0.15) is 0 Å². The Bertz CT molecular complexity index is 444. The van der Waals surface area contributed by atoms with Crippen molar-refractivity contribution in [2.45, 2.75) is 18.8 Å². The molecule has 1 aliphatic carbocycles. The number of hydrogen-bond acceptors (Lipinski definition) is 1. The zero-order valence-corrected chi connectivity index (χ0v) is 9.80. The Morgan fingerprint density at radius 2 is 2.00 bits per heavy atom. The van der Waals surface area contributed by atoms with Crippen molar-refractivity contribution in [1.29, 1.82) is 0 Å². The van der Waals surface area contributed by atoms with Crippen molar-refractivity contribution in [2.24, 2.45) is 5.92 Å². The Labute approximate surface area is 99.4 Å². The first kappa shape index (κ1) is 11.5. The molecule has 0 radical (unpaired) electrons. The molecule has 1 atom stereocenters. The van der Waals surface area contributed by atoms with Crippen LogP contribution in [0.3, 0.4) is 0 Å². The van der Waals surface area contributed by atoms with E-state index >= 15 is 0 Å². The fourth-order valence-corrected chi connectivity index (χ4v) is 2.11. The van der Waals surface area contributed by atoms with Crippen LogP contribution in [0, 0.1) is 17.6 Å². The van der Waals surface area contributed by atoms with Gasteiger partial charge < -0.3 is 5.11 Å². The fraction of sp³-hybridized carbons (Fsp3) is 0.364. The molecule has 1 aromatic rings. The third-order valence-electron chi connectivity index (χ3n) is 2.73. The van der Waals surface area contributed by atoms with Gasteiger partial charge in [0.2, 0.25) is 0 Å². The lowest BCUT2D eigenvalue weighted by atomic mass is 9.94. The van der Waals surface area contributed by atoms with Crippen molar-refractivity contribution < 1.29 is 18.7 Å². The Hall–Kier alpha value is -0.970. The van der Waals surface area contributed by atoms with E-state index < -0.39 is 23.5 Å². The quantitative estimate of drug-likeness (QED) is 0.867. The van der Waals surface area contributed by atoms with Crippen molar-refractivity contribution in [3.05, 3.63) is 33.8 Å². The van der Waals surface area contributed by atoms with Crippen molar-refractivity contribution in [2.75, 3.05) is 0 Å². The second kappa shape index (κ2) is 4.13. The lowest BCUT2D eigenvalue weighted by Gasteiger charge is -2.13. The van der Waals surface area contributed by atoms with E-state index in [-0.39, 0.29) is 16.0 Å². The molecule has 5 heteroatoms. The molecule has 86 valence electrons. The summed E-state index contributed by atoms with van der Waals surface area (Å²) in [6.07, 6.45) is 1.52. The SMILES string of the molecule is O=C(O)C(c1cc(F)c(Br)cc1F)C1CC1. The minimum Gasteiger partial charge on any atom is -0.481 e. The second-order valence-electron chi connectivity index (χ2n) is 3.94. The van der Waals surface area contributed by atoms with E-state index in [1.54, 1.807) is 0 Å². The van der Waals surface area contributed by atoms with E-state index in [0.29, 0.717) is 0 Å². The molecule has 16 heavy (non-hydrogen) atoms. The van der Waals surface area contributed by atoms with E-state index in [0.717, 1.165) is 25.0 Å². The van der Waals surface area contributed by atoms with E-state index in [1.807, 2.05) is 0 Å². The second-order valence-corrected chi connectivity index (χ2v) is 4.80. The summed E-state index contributed by atoms with van der Waals surface area (Å²) in [5, 5.41) is 9.02. The summed E-state index contributed by atoms with van der Waals surface area (Å²) in [6, 6.07) is 1.94. The van der Waals surface area contributed by atoms with E-state index in [4.69, 9.17) is 5.11 Å². The standard InChI is InChI=1S/C11H9BrF2O2/c12-7-4-8(13)6(3-9(7)14)10(11(15)16)5-1-2-5/h3-5,10H,1-2H2,(H,15,16). The Balaban J connectivity index is 2.44. The fourth-order valence-electron chi connectivity index (χ4n) is 1.79. The van der Waals surface area contributed by atoms with Gasteiger partial charge >= 0.3 is 5.97 Å². The summed E-state index contributed by atoms with van der Waals surface area (Å²) in [6.45, 7) is 0. The average molecular weight is 291 g/mol. The first-order chi connectivity index (χ1) is 7.50. The third-order valence-corrected chi connectivity index (χ3v) is 3.34. The maximum atomic E-state index is 13.6. The Kier molecular flexibility index (Phi) is 2.97. The summed E-state index contributed by atoms with van der Waals surface area (Å²) >= 11 is 2.86. The van der Waals surface area contributed by atoms with Crippen molar-refractivity contribution in [3.63, 3.8) is 0 Å². The number of aliphatic carboxylic acids is 1. The van der Waals surface area contributed by atoms with Crippen LogP contribution < -0.4 is 0 Å². The minimum atomic E-state index is -1.09. The summed E-state index contributed by atoms with van der Waals surface area (Å²) in [5.74, 6) is -3.39. The van der Waals surface area contributed by atoms with Crippen LogP contribution in [0.25, 0.3) is 0 Å². The molecule has 0 amide bonds. The highest BCUT2D eigenvalue weighted by molar-refractivity contribution is 9.10. The summed E-state index contributed by atoms with van der Waals surface area (Å²) in [7, 11) is 0. The molecule has 1 aliphatic rings. The van der Waals surface area contributed by atoms with Gasteiger partial charge in [-0.15, -0.1) is 0 Å². The van der Waals surface area contributed by atoms with Crippen molar-refractivity contribution in [1.82, 2.24) is 0 Å². The van der Waals surface area contributed by atoms with Crippen LogP contribution in [0.5, 0.6) is 0 Å². The summed E-state index contributed by atoms with van der Waals surface area (Å²) in [4.78, 5) is 11.0. The molecular weight excluding hydrogens is 282 g/mol. The van der Waals surface area contributed by atoms with Crippen molar-refractivity contribution in [3.8, 4) is 0 Å². The van der Waals surface area contributed by atoms with Gasteiger partial charge in [0.05, 0.1) is 10.4 Å². The first-order valence-corrected chi connectivity index (χ1v) is 5.67. The zero-order chi connectivity index (χ0) is 11.9. The smallest absolute Gasteiger partial charge is 0.311 e. The highest BCUT2D eigenvalue weighted by Crippen LogP contribution is 2.44. The number of carboxylic acids is 1. The van der Waals surface area contributed by atoms with Gasteiger partial charge in [0.25, 0.3) is 0 Å². The van der Waals surface area contributed by atoms with Crippen LogP contribution in [-0.2, 0) is 4.79 Å². The van der Waals surface area contributed by atoms with Gasteiger partial charge in [-0.25, -0.2) is 8.78 Å². The van der Waals surface area contributed by atoms with Crippen LogP contribution in [0.1, 0.15) is 24.3 Å². The third kappa shape index (κ3) is 2.09. The first-order valence-electron chi connectivity index (χ1n) is 4.88. The van der Waals surface area contributed by atoms with Gasteiger partial charge in [0.1, 0.15) is 11.6 Å². The Morgan fingerprint density at radius 1 is 1.38 bits per heavy atom. The van der Waals surface area contributed by atoms with Crippen molar-refractivity contribution >= 4 is 21.9 Å². The molecule has 0 saturated heterocycles. The molecule has 1 fully saturated rings. The highest BCUT2D eigenvalue weighted by Gasteiger charge is 2.39. The minimum absolute atomic E-state index is 0.00804. The van der Waals surface area contributed by atoms with Crippen LogP contribution in [0.15, 0.2) is 16.6 Å². The van der Waals surface area contributed by atoms with Crippen LogP contribution in [-0.4, -0.2) is 11.1 Å². The number of carboxylic acid groups (broad SMARTS) is 1. The molecule has 0 aliphatic heterocycles. The number of carbonyl (C=O) groups is 1. The molecule has 1 N–H and O–H groups in total. The Morgan fingerprint density at radius 3 is 2.50 bits per heavy atom. The number of benzene rings is 1. The molecule has 2 nitrogen and oxygen atoms in total. The van der Waals surface area contributed by atoms with Gasteiger partial charge in [-0.05, 0) is 46.8 Å². The molecule has 0 spiro atoms. The molecule has 0 heterocycles. The maximum absolute atomic E-state index is 13.6. The van der Waals surface area contributed by atoms with Gasteiger partial charge in [0.15, 0.2) is 0 Å². The highest BCUT2D eigenvalue weighted by atomic mass is 79.9. The molecular formula is C11H9BrF2O2. The number of hydrogen-bond donors (Lipinski definition) is 1. The summed E-state index contributed by atoms with van der Waals surface area (Å²) in [5.41, 5.74) is -0.0595. The molecule has 2 rings (SSSR count). The van der Waals surface area contributed by atoms with Crippen LogP contribution in [0.4, 0.5) is 8.78 Å². The molecule has 1 unspecified atom stereocenters. The molecule has 1 saturated carbocycles. The van der Waals surface area contributed by atoms with E-state index in [2.05, 4.69) is 15.9 Å².